The van der Waals surface area contributed by atoms with Gasteiger partial charge in [0.15, 0.2) is 0 Å². The fourth-order valence-corrected chi connectivity index (χ4v) is 3.34. The highest BCUT2D eigenvalue weighted by Crippen LogP contribution is 2.31. The molecule has 0 aliphatic carbocycles. The molecule has 1 aromatic heterocycles. The number of benzene rings is 1. The van der Waals surface area contributed by atoms with E-state index in [9.17, 15) is 4.79 Å². The van der Waals surface area contributed by atoms with Gasteiger partial charge in [0.1, 0.15) is 4.34 Å². The molecule has 6 heteroatoms. The first-order chi connectivity index (χ1) is 8.47. The van der Waals surface area contributed by atoms with Crippen molar-refractivity contribution in [2.75, 3.05) is 5.32 Å². The van der Waals surface area contributed by atoms with Crippen LogP contribution in [-0.4, -0.2) is 5.91 Å². The van der Waals surface area contributed by atoms with Gasteiger partial charge in [0.2, 0.25) is 0 Å². The van der Waals surface area contributed by atoms with Gasteiger partial charge < -0.3 is 5.32 Å². The van der Waals surface area contributed by atoms with E-state index in [0.717, 1.165) is 9.26 Å². The highest BCUT2D eigenvalue weighted by Gasteiger charge is 2.14. The molecule has 2 aromatic rings. The fraction of sp³-hybridized carbons (Fsp3) is 0.0833. The molecule has 0 unspecified atom stereocenters. The summed E-state index contributed by atoms with van der Waals surface area (Å²) < 4.78 is 2.00. The Morgan fingerprint density at radius 3 is 2.61 bits per heavy atom. The van der Waals surface area contributed by atoms with Crippen LogP contribution in [-0.2, 0) is 0 Å². The maximum Gasteiger partial charge on any atom is 0.258 e. The average Bonchev–Trinajstić information content (AvgIpc) is 2.63. The van der Waals surface area contributed by atoms with Crippen molar-refractivity contribution in [2.24, 2.45) is 0 Å². The van der Waals surface area contributed by atoms with Gasteiger partial charge in [0, 0.05) is 9.26 Å². The summed E-state index contributed by atoms with van der Waals surface area (Å²) in [6.45, 7) is 2.02. The Balaban J connectivity index is 2.21. The predicted molar refractivity (Wildman–Crippen MR) is 86.2 cm³/mol. The van der Waals surface area contributed by atoms with E-state index in [4.69, 9.17) is 23.2 Å². The lowest BCUT2D eigenvalue weighted by atomic mass is 10.2. The Kier molecular flexibility index (Phi) is 4.53. The van der Waals surface area contributed by atoms with Crippen molar-refractivity contribution in [2.45, 2.75) is 6.92 Å². The Morgan fingerprint density at radius 1 is 1.33 bits per heavy atom. The molecule has 2 rings (SSSR count). The van der Waals surface area contributed by atoms with Crippen molar-refractivity contribution in [1.82, 2.24) is 0 Å². The van der Waals surface area contributed by atoms with E-state index in [-0.39, 0.29) is 5.91 Å². The summed E-state index contributed by atoms with van der Waals surface area (Å²) in [5, 5.41) is 2.80. The largest absolute Gasteiger partial charge is 0.322 e. The van der Waals surface area contributed by atoms with Crippen LogP contribution in [0, 0.1) is 10.5 Å². The van der Waals surface area contributed by atoms with E-state index in [1.807, 2.05) is 25.1 Å². The van der Waals surface area contributed by atoms with Crippen molar-refractivity contribution in [3.05, 3.63) is 47.6 Å². The van der Waals surface area contributed by atoms with Gasteiger partial charge in [-0.1, -0.05) is 29.3 Å². The van der Waals surface area contributed by atoms with Gasteiger partial charge in [-0.3, -0.25) is 4.79 Å². The van der Waals surface area contributed by atoms with E-state index in [2.05, 4.69) is 27.9 Å². The maximum absolute atomic E-state index is 12.0. The molecule has 94 valence electrons. The molecular weight excluding hydrogens is 404 g/mol. The molecule has 2 nitrogen and oxygen atoms in total. The summed E-state index contributed by atoms with van der Waals surface area (Å²) in [6, 6.07) is 7.30. The topological polar surface area (TPSA) is 29.1 Å². The van der Waals surface area contributed by atoms with E-state index in [0.29, 0.717) is 14.2 Å². The normalized spacial score (nSPS) is 10.4. The zero-order chi connectivity index (χ0) is 13.3. The van der Waals surface area contributed by atoms with Crippen LogP contribution in [0.4, 0.5) is 5.69 Å². The number of nitrogens with one attached hydrogen (secondary N) is 1. The molecule has 1 aromatic carbocycles. The zero-order valence-electron chi connectivity index (χ0n) is 9.26. The van der Waals surface area contributed by atoms with Crippen LogP contribution in [0.3, 0.4) is 0 Å². The lowest BCUT2D eigenvalue weighted by Crippen LogP contribution is -2.11. The van der Waals surface area contributed by atoms with E-state index >= 15 is 0 Å². The molecule has 18 heavy (non-hydrogen) atoms. The Morgan fingerprint density at radius 2 is 2.06 bits per heavy atom. The average molecular weight is 412 g/mol. The van der Waals surface area contributed by atoms with Crippen LogP contribution >= 0.6 is 57.1 Å². The van der Waals surface area contributed by atoms with Crippen molar-refractivity contribution in [3.8, 4) is 0 Å². The maximum atomic E-state index is 12.0. The lowest BCUT2D eigenvalue weighted by molar-refractivity contribution is 0.102. The SMILES string of the molecule is Cc1ccc(NC(=O)c2cc(Cl)sc2Cl)cc1I. The molecule has 1 heterocycles. The number of carbonyl (C=O) groups is 1. The second-order valence-corrected chi connectivity index (χ2v) is 7.10. The molecule has 0 radical (unpaired) electrons. The molecule has 0 fully saturated rings. The monoisotopic (exact) mass is 411 g/mol. The fourth-order valence-electron chi connectivity index (χ4n) is 1.36. The molecule has 0 spiro atoms. The summed E-state index contributed by atoms with van der Waals surface area (Å²) in [4.78, 5) is 12.0. The third-order valence-electron chi connectivity index (χ3n) is 2.33. The highest BCUT2D eigenvalue weighted by atomic mass is 127. The summed E-state index contributed by atoms with van der Waals surface area (Å²) in [5.74, 6) is -0.247. The highest BCUT2D eigenvalue weighted by molar-refractivity contribution is 14.1. The number of anilines is 1. The summed E-state index contributed by atoms with van der Waals surface area (Å²) in [6.07, 6.45) is 0. The van der Waals surface area contributed by atoms with Gasteiger partial charge in [-0.2, -0.15) is 0 Å². The zero-order valence-corrected chi connectivity index (χ0v) is 13.7. The molecule has 0 atom stereocenters. The molecule has 0 aliphatic rings. The number of rotatable bonds is 2. The first-order valence-corrected chi connectivity index (χ1v) is 7.65. The van der Waals surface area contributed by atoms with Crippen LogP contribution in [0.1, 0.15) is 15.9 Å². The minimum atomic E-state index is -0.247. The Hall–Kier alpha value is -0.300. The molecule has 1 amide bonds. The smallest absolute Gasteiger partial charge is 0.258 e. The van der Waals surface area contributed by atoms with Crippen LogP contribution in [0.25, 0.3) is 0 Å². The number of thiophene rings is 1. The first kappa shape index (κ1) is 14.1. The number of carbonyl (C=O) groups excluding carboxylic acids is 1. The standard InChI is InChI=1S/C12H8Cl2INOS/c1-6-2-3-7(4-9(6)15)16-12(17)8-5-10(13)18-11(8)14/h2-5H,1H3,(H,16,17). The van der Waals surface area contributed by atoms with Crippen LogP contribution in [0.15, 0.2) is 24.3 Å². The molecule has 0 saturated heterocycles. The van der Waals surface area contributed by atoms with Crippen molar-refractivity contribution in [1.29, 1.82) is 0 Å². The van der Waals surface area contributed by atoms with Crippen molar-refractivity contribution >= 4 is 68.7 Å². The van der Waals surface area contributed by atoms with E-state index in [1.165, 1.54) is 16.9 Å². The van der Waals surface area contributed by atoms with Crippen LogP contribution < -0.4 is 5.32 Å². The molecule has 0 saturated carbocycles. The molecule has 0 bridgehead atoms. The lowest BCUT2D eigenvalue weighted by Gasteiger charge is -2.06. The second-order valence-electron chi connectivity index (χ2n) is 3.66. The molecular formula is C12H8Cl2INOS. The number of amides is 1. The minimum Gasteiger partial charge on any atom is -0.322 e. The number of aryl methyl sites for hydroxylation is 1. The minimum absolute atomic E-state index is 0.247. The van der Waals surface area contributed by atoms with Crippen molar-refractivity contribution < 1.29 is 4.79 Å². The van der Waals surface area contributed by atoms with Crippen LogP contribution in [0.5, 0.6) is 0 Å². The van der Waals surface area contributed by atoms with Gasteiger partial charge >= 0.3 is 0 Å². The van der Waals surface area contributed by atoms with Crippen LogP contribution in [0.2, 0.25) is 8.67 Å². The third-order valence-corrected chi connectivity index (χ3v) is 4.98. The first-order valence-electron chi connectivity index (χ1n) is 4.99. The van der Waals surface area contributed by atoms with Gasteiger partial charge in [0.25, 0.3) is 5.91 Å². The Bertz CT molecular complexity index is 612. The second kappa shape index (κ2) is 5.77. The molecule has 0 aliphatic heterocycles. The number of halogens is 3. The van der Waals surface area contributed by atoms with Crippen molar-refractivity contribution in [3.63, 3.8) is 0 Å². The Labute approximate surface area is 132 Å². The van der Waals surface area contributed by atoms with E-state index < -0.39 is 0 Å². The molecule has 1 N–H and O–H groups in total. The van der Waals surface area contributed by atoms with Gasteiger partial charge in [-0.25, -0.2) is 0 Å². The summed E-state index contributed by atoms with van der Waals surface area (Å²) in [7, 11) is 0. The quantitative estimate of drug-likeness (QED) is 0.674. The summed E-state index contributed by atoms with van der Waals surface area (Å²) >= 11 is 15.2. The van der Waals surface area contributed by atoms with Gasteiger partial charge in [-0.15, -0.1) is 11.3 Å². The van der Waals surface area contributed by atoms with E-state index in [1.54, 1.807) is 6.07 Å². The third kappa shape index (κ3) is 3.17. The van der Waals surface area contributed by atoms with Gasteiger partial charge in [-0.05, 0) is 53.3 Å². The number of hydrogen-bond acceptors (Lipinski definition) is 2. The van der Waals surface area contributed by atoms with Gasteiger partial charge in [0.05, 0.1) is 9.90 Å². The number of hydrogen-bond donors (Lipinski definition) is 1. The summed E-state index contributed by atoms with van der Waals surface area (Å²) in [5.41, 5.74) is 2.32. The predicted octanol–water partition coefficient (Wildman–Crippen LogP) is 5.22.